The van der Waals surface area contributed by atoms with Crippen LogP contribution in [0.4, 0.5) is 0 Å². The molecule has 1 aliphatic rings. The molecule has 0 radical (unpaired) electrons. The highest BCUT2D eigenvalue weighted by Crippen LogP contribution is 2.17. The van der Waals surface area contributed by atoms with E-state index in [1.165, 1.54) is 0 Å². The lowest BCUT2D eigenvalue weighted by Gasteiger charge is -2.26. The van der Waals surface area contributed by atoms with Crippen LogP contribution in [0.5, 0.6) is 0 Å². The Balaban J connectivity index is 1.83. The van der Waals surface area contributed by atoms with Crippen molar-refractivity contribution in [2.75, 3.05) is 6.61 Å². The lowest BCUT2D eigenvalue weighted by Crippen LogP contribution is -2.26. The molecule has 0 saturated carbocycles. The van der Waals surface area contributed by atoms with Crippen molar-refractivity contribution in [2.45, 2.75) is 38.2 Å². The van der Waals surface area contributed by atoms with Crippen molar-refractivity contribution >= 4 is 5.97 Å². The van der Waals surface area contributed by atoms with Crippen LogP contribution < -0.4 is 0 Å². The monoisotopic (exact) mass is 158 g/mol. The average molecular weight is 158 g/mol. The van der Waals surface area contributed by atoms with Crippen molar-refractivity contribution < 1.29 is 14.6 Å². The summed E-state index contributed by atoms with van der Waals surface area (Å²) < 4.78 is 5.19. The van der Waals surface area contributed by atoms with E-state index < -0.39 is 5.97 Å². The zero-order valence-corrected chi connectivity index (χ0v) is 6.58. The fourth-order valence-electron chi connectivity index (χ4n) is 1.16. The van der Waals surface area contributed by atoms with Crippen molar-refractivity contribution in [3.63, 3.8) is 0 Å². The third kappa shape index (κ3) is 3.37. The van der Waals surface area contributed by atoms with Gasteiger partial charge < -0.3 is 9.84 Å². The molecule has 1 saturated heterocycles. The quantitative estimate of drug-likeness (QED) is 0.615. The van der Waals surface area contributed by atoms with Crippen LogP contribution in [-0.2, 0) is 9.53 Å². The van der Waals surface area contributed by atoms with Crippen LogP contribution in [0.25, 0.3) is 0 Å². The number of carboxylic acids is 1. The first kappa shape index (κ1) is 8.53. The predicted molar refractivity (Wildman–Crippen MR) is 40.5 cm³/mol. The first-order valence-electron chi connectivity index (χ1n) is 4.12. The molecule has 0 amide bonds. The molecule has 0 aromatic carbocycles. The van der Waals surface area contributed by atoms with Gasteiger partial charge in [0.05, 0.1) is 6.10 Å². The third-order valence-corrected chi connectivity index (χ3v) is 1.96. The number of ether oxygens (including phenoxy) is 1. The third-order valence-electron chi connectivity index (χ3n) is 1.96. The molecule has 1 atom stereocenters. The second-order valence-corrected chi connectivity index (χ2v) is 2.92. The Bertz CT molecular complexity index is 129. The Morgan fingerprint density at radius 2 is 2.27 bits per heavy atom. The lowest BCUT2D eigenvalue weighted by atomic mass is 10.1. The topological polar surface area (TPSA) is 46.5 Å². The summed E-state index contributed by atoms with van der Waals surface area (Å²) in [5, 5.41) is 8.32. The predicted octanol–water partition coefficient (Wildman–Crippen LogP) is 1.42. The van der Waals surface area contributed by atoms with E-state index in [2.05, 4.69) is 0 Å². The molecule has 1 rings (SSSR count). The normalized spacial score (nSPS) is 22.7. The van der Waals surface area contributed by atoms with E-state index in [1.54, 1.807) is 0 Å². The molecule has 3 nitrogen and oxygen atoms in total. The zero-order chi connectivity index (χ0) is 8.10. The van der Waals surface area contributed by atoms with E-state index in [9.17, 15) is 4.79 Å². The summed E-state index contributed by atoms with van der Waals surface area (Å²) in [6, 6.07) is 0. The van der Waals surface area contributed by atoms with Gasteiger partial charge in [-0.15, -0.1) is 0 Å². The maximum atomic E-state index is 10.1. The van der Waals surface area contributed by atoms with Gasteiger partial charge in [0, 0.05) is 13.0 Å². The van der Waals surface area contributed by atoms with Gasteiger partial charge in [-0.25, -0.2) is 0 Å². The highest BCUT2D eigenvalue weighted by molar-refractivity contribution is 5.66. The number of hydrogen-bond donors (Lipinski definition) is 1. The molecule has 0 aromatic rings. The molecule has 0 bridgehead atoms. The molecule has 64 valence electrons. The smallest absolute Gasteiger partial charge is 0.303 e. The molecule has 1 aliphatic heterocycles. The fourth-order valence-corrected chi connectivity index (χ4v) is 1.16. The minimum Gasteiger partial charge on any atom is -0.481 e. The van der Waals surface area contributed by atoms with Gasteiger partial charge in [0.1, 0.15) is 0 Å². The van der Waals surface area contributed by atoms with E-state index in [4.69, 9.17) is 9.84 Å². The molecule has 1 N–H and O–H groups in total. The number of carbonyl (C=O) groups is 1. The van der Waals surface area contributed by atoms with Crippen LogP contribution in [0.3, 0.4) is 0 Å². The molecule has 0 spiro atoms. The highest BCUT2D eigenvalue weighted by Gasteiger charge is 2.16. The van der Waals surface area contributed by atoms with E-state index >= 15 is 0 Å². The maximum absolute atomic E-state index is 10.1. The second kappa shape index (κ2) is 4.34. The highest BCUT2D eigenvalue weighted by atomic mass is 16.5. The number of hydrogen-bond acceptors (Lipinski definition) is 2. The van der Waals surface area contributed by atoms with Gasteiger partial charge in [-0.3, -0.25) is 4.79 Å². The molecule has 1 unspecified atom stereocenters. The van der Waals surface area contributed by atoms with Crippen molar-refractivity contribution in [1.82, 2.24) is 0 Å². The fraction of sp³-hybridized carbons (Fsp3) is 0.875. The summed E-state index contributed by atoms with van der Waals surface area (Å²) in [7, 11) is 0. The van der Waals surface area contributed by atoms with E-state index in [0.29, 0.717) is 12.5 Å². The van der Waals surface area contributed by atoms with Gasteiger partial charge in [0.15, 0.2) is 0 Å². The zero-order valence-electron chi connectivity index (χ0n) is 6.58. The Morgan fingerprint density at radius 3 is 2.73 bits per heavy atom. The molecule has 3 heteroatoms. The summed E-state index contributed by atoms with van der Waals surface area (Å²) in [4.78, 5) is 10.1. The SMILES string of the molecule is O=C(O)CCCCC1CCO1. The minimum atomic E-state index is -0.695. The van der Waals surface area contributed by atoms with Gasteiger partial charge in [0.2, 0.25) is 0 Å². The van der Waals surface area contributed by atoms with Crippen LogP contribution in [-0.4, -0.2) is 23.8 Å². The number of rotatable bonds is 5. The summed E-state index contributed by atoms with van der Waals surface area (Å²) in [6.07, 6.45) is 4.70. The van der Waals surface area contributed by atoms with Gasteiger partial charge in [-0.05, 0) is 19.3 Å². The number of carboxylic acid groups (broad SMARTS) is 1. The van der Waals surface area contributed by atoms with Gasteiger partial charge in [-0.1, -0.05) is 6.42 Å². The first-order valence-corrected chi connectivity index (χ1v) is 4.12. The van der Waals surface area contributed by atoms with Crippen molar-refractivity contribution in [3.05, 3.63) is 0 Å². The van der Waals surface area contributed by atoms with Gasteiger partial charge in [0.25, 0.3) is 0 Å². The van der Waals surface area contributed by atoms with Gasteiger partial charge >= 0.3 is 5.97 Å². The molecule has 0 aromatic heterocycles. The minimum absolute atomic E-state index is 0.298. The summed E-state index contributed by atoms with van der Waals surface area (Å²) in [5.41, 5.74) is 0. The molecular formula is C8H14O3. The lowest BCUT2D eigenvalue weighted by molar-refractivity contribution is -0.137. The molecule has 0 aliphatic carbocycles. The number of aliphatic carboxylic acids is 1. The van der Waals surface area contributed by atoms with E-state index in [-0.39, 0.29) is 0 Å². The summed E-state index contributed by atoms with van der Waals surface area (Å²) in [5.74, 6) is -0.695. The van der Waals surface area contributed by atoms with Crippen LogP contribution >= 0.6 is 0 Å². The van der Waals surface area contributed by atoms with Crippen molar-refractivity contribution in [3.8, 4) is 0 Å². The maximum Gasteiger partial charge on any atom is 0.303 e. The molecular weight excluding hydrogens is 144 g/mol. The summed E-state index contributed by atoms with van der Waals surface area (Å²) in [6.45, 7) is 0.892. The van der Waals surface area contributed by atoms with Crippen molar-refractivity contribution in [2.24, 2.45) is 0 Å². The molecule has 1 heterocycles. The van der Waals surface area contributed by atoms with Crippen LogP contribution in [0.15, 0.2) is 0 Å². The van der Waals surface area contributed by atoms with E-state index in [1.807, 2.05) is 0 Å². The standard InChI is InChI=1S/C8H14O3/c9-8(10)4-2-1-3-7-5-6-11-7/h7H,1-6H2,(H,9,10). The number of unbranched alkanes of at least 4 members (excludes halogenated alkanes) is 1. The van der Waals surface area contributed by atoms with Crippen LogP contribution in [0, 0.1) is 0 Å². The Kier molecular flexibility index (Phi) is 3.36. The molecule has 1 fully saturated rings. The Labute approximate surface area is 66.4 Å². The first-order chi connectivity index (χ1) is 5.29. The van der Waals surface area contributed by atoms with E-state index in [0.717, 1.165) is 32.3 Å². The summed E-state index contributed by atoms with van der Waals surface area (Å²) >= 11 is 0. The van der Waals surface area contributed by atoms with Crippen LogP contribution in [0.2, 0.25) is 0 Å². The average Bonchev–Trinajstić information content (AvgIpc) is 1.82. The largest absolute Gasteiger partial charge is 0.481 e. The second-order valence-electron chi connectivity index (χ2n) is 2.92. The molecule has 11 heavy (non-hydrogen) atoms. The van der Waals surface area contributed by atoms with Gasteiger partial charge in [-0.2, -0.15) is 0 Å². The van der Waals surface area contributed by atoms with Crippen LogP contribution in [0.1, 0.15) is 32.1 Å². The van der Waals surface area contributed by atoms with Crippen molar-refractivity contribution in [1.29, 1.82) is 0 Å². The Hall–Kier alpha value is -0.570. The Morgan fingerprint density at radius 1 is 1.55 bits per heavy atom.